The summed E-state index contributed by atoms with van der Waals surface area (Å²) in [5, 5.41) is 15.4. The highest BCUT2D eigenvalue weighted by molar-refractivity contribution is 7.92. The van der Waals surface area contributed by atoms with E-state index in [2.05, 4.69) is 45.5 Å². The van der Waals surface area contributed by atoms with Crippen LogP contribution < -0.4 is 10.0 Å². The molecule has 0 bridgehead atoms. The van der Waals surface area contributed by atoms with Gasteiger partial charge in [-0.3, -0.25) is 9.62 Å². The molecular formula is C38H44N4O5S. The fraction of sp³-hybridized carbons (Fsp3) is 0.289. The first-order chi connectivity index (χ1) is 23.0. The van der Waals surface area contributed by atoms with E-state index in [4.69, 9.17) is 4.74 Å². The van der Waals surface area contributed by atoms with Gasteiger partial charge in [0.2, 0.25) is 0 Å². The molecule has 0 saturated carbocycles. The Hall–Kier alpha value is -4.48. The van der Waals surface area contributed by atoms with Gasteiger partial charge in [-0.15, -0.1) is 0 Å². The van der Waals surface area contributed by atoms with Crippen molar-refractivity contribution in [3.63, 3.8) is 0 Å². The third kappa shape index (κ3) is 9.54. The summed E-state index contributed by atoms with van der Waals surface area (Å²) in [6.45, 7) is 6.94. The van der Waals surface area contributed by atoms with Crippen LogP contribution in [0.25, 0.3) is 10.9 Å². The van der Waals surface area contributed by atoms with E-state index in [0.29, 0.717) is 36.5 Å². The van der Waals surface area contributed by atoms with Crippen LogP contribution in [0.15, 0.2) is 120 Å². The lowest BCUT2D eigenvalue weighted by molar-refractivity contribution is 0.0470. The molecule has 5 rings (SSSR count). The summed E-state index contributed by atoms with van der Waals surface area (Å²) in [7, 11) is -1.72. The number of ether oxygens (including phenoxy) is 1. The average molecular weight is 669 g/mol. The number of aryl methyl sites for hydroxylation is 1. The number of fused-ring (bicyclic) bond motifs is 1. The molecule has 3 N–H and O–H groups in total. The summed E-state index contributed by atoms with van der Waals surface area (Å²) in [6, 6.07) is 32.8. The second-order valence-electron chi connectivity index (χ2n) is 12.7. The van der Waals surface area contributed by atoms with Crippen molar-refractivity contribution in [2.45, 2.75) is 49.9 Å². The van der Waals surface area contributed by atoms with E-state index >= 15 is 0 Å². The number of anilines is 1. The second-order valence-corrected chi connectivity index (χ2v) is 14.4. The maximum atomic E-state index is 12.8. The topological polar surface area (TPSA) is 113 Å². The zero-order chi connectivity index (χ0) is 34.1. The third-order valence-electron chi connectivity index (χ3n) is 8.34. The van der Waals surface area contributed by atoms with E-state index in [9.17, 15) is 18.3 Å². The minimum absolute atomic E-state index is 0.173. The predicted molar refractivity (Wildman–Crippen MR) is 190 cm³/mol. The van der Waals surface area contributed by atoms with Gasteiger partial charge in [0.05, 0.1) is 16.6 Å². The van der Waals surface area contributed by atoms with Crippen LogP contribution in [0.1, 0.15) is 47.9 Å². The Kier molecular flexibility index (Phi) is 11.3. The van der Waals surface area contributed by atoms with Gasteiger partial charge < -0.3 is 19.7 Å². The lowest BCUT2D eigenvalue weighted by Crippen LogP contribution is -2.42. The molecule has 0 saturated heterocycles. The Morgan fingerprint density at radius 1 is 0.938 bits per heavy atom. The molecule has 0 spiro atoms. The van der Waals surface area contributed by atoms with E-state index in [-0.39, 0.29) is 16.4 Å². The molecule has 1 heterocycles. The first kappa shape index (κ1) is 34.8. The van der Waals surface area contributed by atoms with Crippen LogP contribution in [0.2, 0.25) is 0 Å². The van der Waals surface area contributed by atoms with E-state index in [0.717, 1.165) is 30.4 Å². The zero-order valence-electron chi connectivity index (χ0n) is 27.7. The van der Waals surface area contributed by atoms with Crippen LogP contribution in [0, 0.1) is 0 Å². The summed E-state index contributed by atoms with van der Waals surface area (Å²) in [5.41, 5.74) is 3.46. The Morgan fingerprint density at radius 3 is 2.42 bits per heavy atom. The fourth-order valence-corrected chi connectivity index (χ4v) is 6.55. The highest BCUT2D eigenvalue weighted by atomic mass is 32.2. The molecule has 10 heteroatoms. The minimum atomic E-state index is -3.73. The zero-order valence-corrected chi connectivity index (χ0v) is 28.5. The van der Waals surface area contributed by atoms with Crippen LogP contribution in [-0.4, -0.2) is 61.2 Å². The molecule has 0 aliphatic carbocycles. The molecule has 1 atom stereocenters. The molecule has 9 nitrogen and oxygen atoms in total. The first-order valence-electron chi connectivity index (χ1n) is 16.1. The van der Waals surface area contributed by atoms with E-state index in [1.807, 2.05) is 55.7 Å². The largest absolute Gasteiger partial charge is 0.461 e. The summed E-state index contributed by atoms with van der Waals surface area (Å²) in [5.74, 6) is -0.333. The van der Waals surface area contributed by atoms with Crippen LogP contribution in [-0.2, 0) is 27.8 Å². The number of carbonyl (C=O) groups is 1. The number of hydrogen-bond acceptors (Lipinski definition) is 7. The van der Waals surface area contributed by atoms with Gasteiger partial charge >= 0.3 is 5.97 Å². The van der Waals surface area contributed by atoms with Crippen molar-refractivity contribution >= 4 is 32.6 Å². The summed E-state index contributed by atoms with van der Waals surface area (Å²) < 4.78 is 35.8. The molecule has 4 aromatic carbocycles. The number of aliphatic hydroxyl groups is 1. The third-order valence-corrected chi connectivity index (χ3v) is 9.73. The van der Waals surface area contributed by atoms with Gasteiger partial charge in [0.1, 0.15) is 6.61 Å². The number of benzene rings is 4. The Balaban J connectivity index is 1.10. The number of nitrogens with zero attached hydrogens (tertiary/aromatic N) is 2. The van der Waals surface area contributed by atoms with Gasteiger partial charge in [-0.05, 0) is 87.0 Å². The number of hydrogen-bond donors (Lipinski definition) is 3. The lowest BCUT2D eigenvalue weighted by atomic mass is 9.99. The molecule has 0 unspecified atom stereocenters. The number of carbonyl (C=O) groups excluding carboxylic acids is 1. The maximum Gasteiger partial charge on any atom is 0.338 e. The summed E-state index contributed by atoms with van der Waals surface area (Å²) >= 11 is 0. The van der Waals surface area contributed by atoms with Crippen LogP contribution in [0.5, 0.6) is 0 Å². The highest BCUT2D eigenvalue weighted by Crippen LogP contribution is 2.23. The first-order valence-corrected chi connectivity index (χ1v) is 17.6. The quantitative estimate of drug-likeness (QED) is 0.107. The molecule has 48 heavy (non-hydrogen) atoms. The van der Waals surface area contributed by atoms with Gasteiger partial charge in [0.25, 0.3) is 10.0 Å². The number of nitrogens with one attached hydrogen (secondary N) is 2. The van der Waals surface area contributed by atoms with Crippen molar-refractivity contribution in [1.82, 2.24) is 14.8 Å². The van der Waals surface area contributed by atoms with Crippen LogP contribution in [0.4, 0.5) is 5.69 Å². The van der Waals surface area contributed by atoms with Gasteiger partial charge in [0.15, 0.2) is 0 Å². The van der Waals surface area contributed by atoms with Crippen molar-refractivity contribution < 1.29 is 23.1 Å². The number of sulfonamides is 1. The smallest absolute Gasteiger partial charge is 0.338 e. The number of rotatable bonds is 16. The van der Waals surface area contributed by atoms with Crippen LogP contribution >= 0.6 is 0 Å². The van der Waals surface area contributed by atoms with Gasteiger partial charge in [-0.25, -0.2) is 13.2 Å². The highest BCUT2D eigenvalue weighted by Gasteiger charge is 2.21. The molecule has 0 aliphatic rings. The van der Waals surface area contributed by atoms with Crippen LogP contribution in [0.3, 0.4) is 0 Å². The standard InChI is InChI=1S/C38H44N4O5S/c1-38(2,39-27-36(43)31-13-10-14-33(26-31)40-48(45,46)34-15-8-5-9-16-34)20-22-42-21-19-30-25-32(17-18-35(30)42)37(44)47-24-23-41(3)28-29-11-6-4-7-12-29/h4-19,21,25-26,36,39-40,43H,20,22-24,27-28H2,1-3H3/t36-/m0/s1. The minimum Gasteiger partial charge on any atom is -0.461 e. The summed E-state index contributed by atoms with van der Waals surface area (Å²) in [6.07, 6.45) is 1.96. The van der Waals surface area contributed by atoms with Crippen molar-refractivity contribution in [3.8, 4) is 0 Å². The second kappa shape index (κ2) is 15.6. The molecule has 5 aromatic rings. The molecule has 1 aromatic heterocycles. The lowest BCUT2D eigenvalue weighted by Gasteiger charge is -2.28. The number of aromatic nitrogens is 1. The normalized spacial score (nSPS) is 12.7. The van der Waals surface area contributed by atoms with E-state index < -0.39 is 16.1 Å². The molecule has 0 radical (unpaired) electrons. The number of esters is 1. The number of β-amino-alcohol motifs (C(OH)–C–C–N with tert-alkyl or cyclic N) is 1. The average Bonchev–Trinajstić information content (AvgIpc) is 3.49. The van der Waals surface area contributed by atoms with Gasteiger partial charge in [-0.2, -0.15) is 0 Å². The van der Waals surface area contributed by atoms with Gasteiger partial charge in [-0.1, -0.05) is 60.7 Å². The van der Waals surface area contributed by atoms with Crippen molar-refractivity contribution in [2.75, 3.05) is 31.5 Å². The monoisotopic (exact) mass is 668 g/mol. The van der Waals surface area contributed by atoms with Crippen molar-refractivity contribution in [1.29, 1.82) is 0 Å². The molecular weight excluding hydrogens is 625 g/mol. The maximum absolute atomic E-state index is 12.8. The number of aliphatic hydroxyl groups excluding tert-OH is 1. The molecule has 0 amide bonds. The number of likely N-dealkylation sites (N-methyl/N-ethyl adjacent to an activating group) is 1. The molecule has 252 valence electrons. The fourth-order valence-electron chi connectivity index (χ4n) is 5.48. The summed E-state index contributed by atoms with van der Waals surface area (Å²) in [4.78, 5) is 15.1. The van der Waals surface area contributed by atoms with Crippen molar-refractivity contribution in [3.05, 3.63) is 132 Å². The van der Waals surface area contributed by atoms with E-state index in [1.54, 1.807) is 42.5 Å². The molecule has 0 aliphatic heterocycles. The van der Waals surface area contributed by atoms with E-state index in [1.165, 1.54) is 17.7 Å². The predicted octanol–water partition coefficient (Wildman–Crippen LogP) is 6.22. The Morgan fingerprint density at radius 2 is 1.67 bits per heavy atom. The Labute approximate surface area is 283 Å². The van der Waals surface area contributed by atoms with Crippen molar-refractivity contribution in [2.24, 2.45) is 0 Å². The van der Waals surface area contributed by atoms with Gasteiger partial charge in [0, 0.05) is 54.5 Å². The molecule has 0 fully saturated rings. The SMILES string of the molecule is CN(CCOC(=O)c1ccc2c(ccn2CCC(C)(C)NC[C@H](O)c2cccc(NS(=O)(=O)c3ccccc3)c2)c1)Cc1ccccc1. The Bertz CT molecular complexity index is 1910.